The lowest BCUT2D eigenvalue weighted by Crippen LogP contribution is -2.40. The molecule has 1 aromatic carbocycles. The highest BCUT2D eigenvalue weighted by molar-refractivity contribution is 6.31. The number of hydrazine groups is 1. The van der Waals surface area contributed by atoms with E-state index >= 15 is 0 Å². The van der Waals surface area contributed by atoms with E-state index in [1.807, 2.05) is 37.2 Å². The molecule has 0 saturated heterocycles. The van der Waals surface area contributed by atoms with Crippen molar-refractivity contribution in [3.63, 3.8) is 0 Å². The summed E-state index contributed by atoms with van der Waals surface area (Å²) in [7, 11) is 3.89. The van der Waals surface area contributed by atoms with Crippen molar-refractivity contribution in [3.8, 4) is 0 Å². The summed E-state index contributed by atoms with van der Waals surface area (Å²) in [5, 5.41) is 18.8. The van der Waals surface area contributed by atoms with Gasteiger partial charge in [0, 0.05) is 21.5 Å². The fraction of sp³-hybridized carbons (Fsp3) is 0.368. The van der Waals surface area contributed by atoms with Crippen LogP contribution in [-0.2, 0) is 4.79 Å². The van der Waals surface area contributed by atoms with E-state index in [-0.39, 0.29) is 17.7 Å². The molecule has 0 bridgehead atoms. The average Bonchev–Trinajstić information content (AvgIpc) is 2.91. The fourth-order valence-electron chi connectivity index (χ4n) is 3.60. The quantitative estimate of drug-likeness (QED) is 0.589. The lowest BCUT2D eigenvalue weighted by atomic mass is 10.0. The first kappa shape index (κ1) is 20.2. The molecule has 2 unspecified atom stereocenters. The van der Waals surface area contributed by atoms with Crippen LogP contribution in [0.25, 0.3) is 0 Å². The SMILES string of the molecule is CN(C)CCC1N=[N+]2CN(O)C(c3ccccc3Cl)c3nc(Cl)ccc3N2C1=O. The summed E-state index contributed by atoms with van der Waals surface area (Å²) in [5.74, 6) is -0.162. The van der Waals surface area contributed by atoms with Crippen molar-refractivity contribution in [2.75, 3.05) is 32.3 Å². The second-order valence-corrected chi connectivity index (χ2v) is 8.08. The molecule has 2 aliphatic rings. The van der Waals surface area contributed by atoms with Crippen molar-refractivity contribution in [1.82, 2.24) is 14.9 Å². The Morgan fingerprint density at radius 3 is 2.72 bits per heavy atom. The first-order chi connectivity index (χ1) is 13.9. The highest BCUT2D eigenvalue weighted by atomic mass is 35.5. The highest BCUT2D eigenvalue weighted by Crippen LogP contribution is 2.40. The Kier molecular flexibility index (Phi) is 5.54. The first-order valence-electron chi connectivity index (χ1n) is 9.20. The number of benzene rings is 1. The predicted octanol–water partition coefficient (Wildman–Crippen LogP) is 3.19. The van der Waals surface area contributed by atoms with E-state index in [0.717, 1.165) is 11.6 Å². The summed E-state index contributed by atoms with van der Waals surface area (Å²) < 4.78 is 0. The number of carbonyl (C=O) groups is 1. The minimum Gasteiger partial charge on any atom is -0.309 e. The van der Waals surface area contributed by atoms with Crippen molar-refractivity contribution < 1.29 is 14.8 Å². The van der Waals surface area contributed by atoms with Crippen LogP contribution in [0.4, 0.5) is 5.69 Å². The van der Waals surface area contributed by atoms with Gasteiger partial charge in [-0.1, -0.05) is 46.4 Å². The molecule has 1 amide bonds. The lowest BCUT2D eigenvalue weighted by molar-refractivity contribution is -0.620. The van der Waals surface area contributed by atoms with Crippen LogP contribution in [0, 0.1) is 0 Å². The van der Waals surface area contributed by atoms with E-state index in [0.29, 0.717) is 28.4 Å². The third-order valence-electron chi connectivity index (χ3n) is 4.97. The predicted molar refractivity (Wildman–Crippen MR) is 108 cm³/mol. The Bertz CT molecular complexity index is 983. The van der Waals surface area contributed by atoms with Crippen LogP contribution in [0.5, 0.6) is 0 Å². The molecule has 2 atom stereocenters. The van der Waals surface area contributed by atoms with Crippen molar-refractivity contribution in [1.29, 1.82) is 0 Å². The van der Waals surface area contributed by atoms with Gasteiger partial charge >= 0.3 is 5.91 Å². The molecule has 0 spiro atoms. The molecule has 2 aliphatic heterocycles. The molecule has 8 nitrogen and oxygen atoms in total. The van der Waals surface area contributed by atoms with Gasteiger partial charge in [-0.2, -0.15) is 0 Å². The molecule has 152 valence electrons. The number of carbonyl (C=O) groups excluding carboxylic acids is 1. The van der Waals surface area contributed by atoms with Gasteiger partial charge in [0.1, 0.15) is 16.9 Å². The number of hydrogen-bond donors (Lipinski definition) is 1. The minimum atomic E-state index is -0.703. The average molecular weight is 436 g/mol. The summed E-state index contributed by atoms with van der Waals surface area (Å²) in [4.78, 5) is 21.1. The number of fused-ring (bicyclic) bond motifs is 3. The molecule has 0 fully saturated rings. The van der Waals surface area contributed by atoms with Crippen molar-refractivity contribution in [3.05, 3.63) is 57.8 Å². The number of amides is 1. The third kappa shape index (κ3) is 3.74. The van der Waals surface area contributed by atoms with Gasteiger partial charge in [0.15, 0.2) is 0 Å². The normalized spacial score (nSPS) is 21.8. The maximum atomic E-state index is 13.2. The third-order valence-corrected chi connectivity index (χ3v) is 5.53. The number of pyridine rings is 1. The van der Waals surface area contributed by atoms with Crippen LogP contribution < -0.4 is 5.01 Å². The van der Waals surface area contributed by atoms with Crippen LogP contribution >= 0.6 is 23.2 Å². The van der Waals surface area contributed by atoms with Gasteiger partial charge in [0.25, 0.3) is 6.67 Å². The Balaban J connectivity index is 1.81. The molecule has 0 aliphatic carbocycles. The Hall–Kier alpha value is -2.10. The van der Waals surface area contributed by atoms with Gasteiger partial charge < -0.3 is 10.1 Å². The molecular formula is C19H21Cl2N6O2+. The summed E-state index contributed by atoms with van der Waals surface area (Å²) in [6.45, 7) is 0.701. The molecule has 3 heterocycles. The van der Waals surface area contributed by atoms with E-state index in [1.54, 1.807) is 18.2 Å². The Labute approximate surface area is 178 Å². The number of halogens is 2. The van der Waals surface area contributed by atoms with Gasteiger partial charge in [0.05, 0.1) is 5.69 Å². The van der Waals surface area contributed by atoms with Gasteiger partial charge in [-0.15, -0.1) is 5.06 Å². The number of hydrogen-bond acceptors (Lipinski definition) is 6. The maximum absolute atomic E-state index is 13.2. The maximum Gasteiger partial charge on any atom is 0.316 e. The molecule has 1 N–H and O–H groups in total. The van der Waals surface area contributed by atoms with Crippen molar-refractivity contribution >= 4 is 34.8 Å². The zero-order chi connectivity index (χ0) is 20.7. The number of anilines is 1. The highest BCUT2D eigenvalue weighted by Gasteiger charge is 2.49. The largest absolute Gasteiger partial charge is 0.316 e. The summed E-state index contributed by atoms with van der Waals surface area (Å²) >= 11 is 12.6. The molecule has 0 radical (unpaired) electrons. The van der Waals surface area contributed by atoms with Gasteiger partial charge in [-0.25, -0.2) is 4.98 Å². The summed E-state index contributed by atoms with van der Waals surface area (Å²) in [6, 6.07) is 9.32. The Morgan fingerprint density at radius 2 is 2.00 bits per heavy atom. The smallest absolute Gasteiger partial charge is 0.309 e. The fourth-order valence-corrected chi connectivity index (χ4v) is 3.99. The van der Waals surface area contributed by atoms with E-state index in [2.05, 4.69) is 10.1 Å². The van der Waals surface area contributed by atoms with Crippen LogP contribution in [0.15, 0.2) is 41.5 Å². The topological polar surface area (TPSA) is 75.3 Å². The Morgan fingerprint density at radius 1 is 1.24 bits per heavy atom. The number of aromatic nitrogens is 1. The van der Waals surface area contributed by atoms with Crippen LogP contribution in [-0.4, -0.2) is 64.2 Å². The van der Waals surface area contributed by atoms with Gasteiger partial charge in [0.2, 0.25) is 6.04 Å². The molecule has 2 aromatic rings. The van der Waals surface area contributed by atoms with E-state index in [1.165, 1.54) is 9.82 Å². The summed E-state index contributed by atoms with van der Waals surface area (Å²) in [5.41, 5.74) is 1.62. The molecule has 1 aromatic heterocycles. The van der Waals surface area contributed by atoms with Crippen molar-refractivity contribution in [2.24, 2.45) is 5.11 Å². The minimum absolute atomic E-state index is 0.0198. The van der Waals surface area contributed by atoms with Crippen LogP contribution in [0.1, 0.15) is 23.7 Å². The lowest BCUT2D eigenvalue weighted by Gasteiger charge is -2.22. The number of azo groups is 1. The van der Waals surface area contributed by atoms with Crippen molar-refractivity contribution in [2.45, 2.75) is 18.5 Å². The molecule has 29 heavy (non-hydrogen) atoms. The monoisotopic (exact) mass is 435 g/mol. The van der Waals surface area contributed by atoms with Gasteiger partial charge in [-0.3, -0.25) is 4.79 Å². The van der Waals surface area contributed by atoms with E-state index in [9.17, 15) is 10.0 Å². The second-order valence-electron chi connectivity index (χ2n) is 7.29. The first-order valence-corrected chi connectivity index (χ1v) is 9.95. The molecular weight excluding hydrogens is 415 g/mol. The molecule has 4 rings (SSSR count). The molecule has 10 heteroatoms. The number of rotatable bonds is 4. The van der Waals surface area contributed by atoms with E-state index in [4.69, 9.17) is 23.2 Å². The molecule has 0 saturated carbocycles. The zero-order valence-corrected chi connectivity index (χ0v) is 17.5. The van der Waals surface area contributed by atoms with E-state index < -0.39 is 12.1 Å². The number of nitrogens with zero attached hydrogens (tertiary/aromatic N) is 6. The summed E-state index contributed by atoms with van der Waals surface area (Å²) in [6.07, 6.45) is 0.578. The standard InChI is InChI=1S/C19H21Cl2N6O2/c1-24(2)10-9-14-19(28)27-15-7-8-16(21)22-17(15)18(25(29)11-26(27)23-14)12-5-3-4-6-13(12)20/h3-8,14,18,29H,9-11H2,1-2H3/q+1. The zero-order valence-electron chi connectivity index (χ0n) is 16.0. The second kappa shape index (κ2) is 7.97. The van der Waals surface area contributed by atoms with Gasteiger partial charge in [-0.05, 0) is 44.3 Å². The van der Waals surface area contributed by atoms with Crippen LogP contribution in [0.3, 0.4) is 0 Å². The number of hydroxylamine groups is 2. The van der Waals surface area contributed by atoms with Crippen LogP contribution in [0.2, 0.25) is 10.2 Å².